The van der Waals surface area contributed by atoms with E-state index in [4.69, 9.17) is 4.74 Å². The maximum Gasteiger partial charge on any atom is 0.226 e. The summed E-state index contributed by atoms with van der Waals surface area (Å²) in [5.41, 5.74) is 2.51. The number of aryl methyl sites for hydroxylation is 1. The lowest BCUT2D eigenvalue weighted by atomic mass is 10.1. The first-order valence-electron chi connectivity index (χ1n) is 9.70. The molecule has 29 heavy (non-hydrogen) atoms. The van der Waals surface area contributed by atoms with Crippen LogP contribution in [0.15, 0.2) is 54.6 Å². The van der Waals surface area contributed by atoms with Gasteiger partial charge in [0.15, 0.2) is 0 Å². The van der Waals surface area contributed by atoms with Crippen LogP contribution < -0.4 is 4.74 Å². The number of aromatic nitrogens is 2. The molecule has 0 radical (unpaired) electrons. The van der Waals surface area contributed by atoms with Gasteiger partial charge >= 0.3 is 0 Å². The van der Waals surface area contributed by atoms with Gasteiger partial charge in [-0.05, 0) is 63.6 Å². The average Bonchev–Trinajstić information content (AvgIpc) is 3.03. The summed E-state index contributed by atoms with van der Waals surface area (Å²) in [6, 6.07) is 15.7. The lowest BCUT2D eigenvalue weighted by molar-refractivity contribution is -0.131. The standard InChI is InChI=1S/C23H26FN3O2/c1-16(2)26(4)22(28)15-14-21-17(3)25-27(19-8-6-5-7-9-19)23(21)29-20-12-10-18(24)11-13-20/h5-13,16H,14-15H2,1-4H3. The molecule has 0 fully saturated rings. The maximum absolute atomic E-state index is 13.3. The normalized spacial score (nSPS) is 11.0. The fraction of sp³-hybridized carbons (Fsp3) is 0.304. The third-order valence-electron chi connectivity index (χ3n) is 4.92. The van der Waals surface area contributed by atoms with Crippen molar-refractivity contribution in [3.05, 3.63) is 71.7 Å². The molecule has 1 amide bonds. The minimum Gasteiger partial charge on any atom is -0.439 e. The molecule has 0 aliphatic carbocycles. The molecule has 0 atom stereocenters. The van der Waals surface area contributed by atoms with Gasteiger partial charge in [0.25, 0.3) is 0 Å². The Bertz CT molecular complexity index is 966. The van der Waals surface area contributed by atoms with Gasteiger partial charge in [0, 0.05) is 25.1 Å². The summed E-state index contributed by atoms with van der Waals surface area (Å²) in [7, 11) is 1.81. The number of hydrogen-bond acceptors (Lipinski definition) is 3. The van der Waals surface area contributed by atoms with Gasteiger partial charge in [0.1, 0.15) is 11.6 Å². The molecule has 5 nitrogen and oxygen atoms in total. The molecule has 0 bridgehead atoms. The Morgan fingerprint density at radius 2 is 1.79 bits per heavy atom. The average molecular weight is 395 g/mol. The van der Waals surface area contributed by atoms with Crippen LogP contribution >= 0.6 is 0 Å². The first kappa shape index (κ1) is 20.6. The Labute approximate surface area is 170 Å². The van der Waals surface area contributed by atoms with Crippen molar-refractivity contribution in [3.63, 3.8) is 0 Å². The minimum absolute atomic E-state index is 0.0691. The van der Waals surface area contributed by atoms with Crippen molar-refractivity contribution in [2.24, 2.45) is 0 Å². The van der Waals surface area contributed by atoms with E-state index in [0.29, 0.717) is 24.5 Å². The Morgan fingerprint density at radius 3 is 2.41 bits per heavy atom. The topological polar surface area (TPSA) is 47.4 Å². The van der Waals surface area contributed by atoms with Gasteiger partial charge in [0.05, 0.1) is 11.4 Å². The molecule has 0 N–H and O–H groups in total. The molecule has 0 aliphatic heterocycles. The summed E-state index contributed by atoms with van der Waals surface area (Å²) in [6.07, 6.45) is 0.862. The largest absolute Gasteiger partial charge is 0.439 e. The van der Waals surface area contributed by atoms with Crippen LogP contribution in [-0.4, -0.2) is 33.7 Å². The second kappa shape index (κ2) is 8.90. The van der Waals surface area contributed by atoms with E-state index in [1.807, 2.05) is 58.2 Å². The molecule has 0 saturated carbocycles. The van der Waals surface area contributed by atoms with Crippen LogP contribution in [0.2, 0.25) is 0 Å². The van der Waals surface area contributed by atoms with E-state index in [2.05, 4.69) is 5.10 Å². The molecular weight excluding hydrogens is 369 g/mol. The zero-order valence-corrected chi connectivity index (χ0v) is 17.2. The molecule has 3 rings (SSSR count). The molecule has 3 aromatic rings. The fourth-order valence-corrected chi connectivity index (χ4v) is 2.99. The first-order valence-corrected chi connectivity index (χ1v) is 9.70. The van der Waals surface area contributed by atoms with Crippen molar-refractivity contribution in [2.75, 3.05) is 7.05 Å². The zero-order chi connectivity index (χ0) is 21.0. The predicted molar refractivity (Wildman–Crippen MR) is 111 cm³/mol. The number of halogens is 1. The summed E-state index contributed by atoms with van der Waals surface area (Å²) in [5, 5.41) is 4.65. The second-order valence-electron chi connectivity index (χ2n) is 7.27. The van der Waals surface area contributed by atoms with Crippen molar-refractivity contribution in [2.45, 2.75) is 39.7 Å². The van der Waals surface area contributed by atoms with E-state index in [1.54, 1.807) is 21.7 Å². The second-order valence-corrected chi connectivity index (χ2v) is 7.27. The monoisotopic (exact) mass is 395 g/mol. The van der Waals surface area contributed by atoms with E-state index in [0.717, 1.165) is 16.9 Å². The van der Waals surface area contributed by atoms with E-state index >= 15 is 0 Å². The highest BCUT2D eigenvalue weighted by molar-refractivity contribution is 5.76. The molecule has 1 aromatic heterocycles. The maximum atomic E-state index is 13.3. The van der Waals surface area contributed by atoms with Crippen LogP contribution in [0.4, 0.5) is 4.39 Å². The Morgan fingerprint density at radius 1 is 1.14 bits per heavy atom. The van der Waals surface area contributed by atoms with Crippen LogP contribution in [0.3, 0.4) is 0 Å². The number of rotatable bonds is 7. The molecule has 6 heteroatoms. The van der Waals surface area contributed by atoms with Crippen LogP contribution in [0.5, 0.6) is 11.6 Å². The van der Waals surface area contributed by atoms with Crippen LogP contribution in [0.25, 0.3) is 5.69 Å². The lowest BCUT2D eigenvalue weighted by Crippen LogP contribution is -2.33. The summed E-state index contributed by atoms with van der Waals surface area (Å²) < 4.78 is 21.1. The van der Waals surface area contributed by atoms with Crippen molar-refractivity contribution in [3.8, 4) is 17.3 Å². The molecule has 0 unspecified atom stereocenters. The van der Waals surface area contributed by atoms with Crippen molar-refractivity contribution >= 4 is 5.91 Å². The van der Waals surface area contributed by atoms with E-state index < -0.39 is 0 Å². The number of carbonyl (C=O) groups is 1. The molecule has 0 spiro atoms. The van der Waals surface area contributed by atoms with Crippen LogP contribution in [0.1, 0.15) is 31.5 Å². The number of hydrogen-bond donors (Lipinski definition) is 0. The van der Waals surface area contributed by atoms with Gasteiger partial charge < -0.3 is 9.64 Å². The highest BCUT2D eigenvalue weighted by Gasteiger charge is 2.21. The number of carbonyl (C=O) groups excluding carboxylic acids is 1. The van der Waals surface area contributed by atoms with Gasteiger partial charge in [0.2, 0.25) is 11.8 Å². The number of para-hydroxylation sites is 1. The van der Waals surface area contributed by atoms with E-state index in [9.17, 15) is 9.18 Å². The Balaban J connectivity index is 1.95. The van der Waals surface area contributed by atoms with E-state index in [-0.39, 0.29) is 17.8 Å². The van der Waals surface area contributed by atoms with Gasteiger partial charge in [-0.25, -0.2) is 9.07 Å². The number of amides is 1. The summed E-state index contributed by atoms with van der Waals surface area (Å²) in [6.45, 7) is 5.88. The van der Waals surface area contributed by atoms with Gasteiger partial charge in [-0.2, -0.15) is 5.10 Å². The first-order chi connectivity index (χ1) is 13.9. The number of nitrogens with zero attached hydrogens (tertiary/aromatic N) is 3. The third-order valence-corrected chi connectivity index (χ3v) is 4.92. The van der Waals surface area contributed by atoms with Crippen molar-refractivity contribution in [1.29, 1.82) is 0 Å². The van der Waals surface area contributed by atoms with Gasteiger partial charge in [-0.15, -0.1) is 0 Å². The van der Waals surface area contributed by atoms with Crippen molar-refractivity contribution < 1.29 is 13.9 Å². The van der Waals surface area contributed by atoms with Gasteiger partial charge in [-0.1, -0.05) is 18.2 Å². The Kier molecular flexibility index (Phi) is 6.32. The lowest BCUT2D eigenvalue weighted by Gasteiger charge is -2.21. The van der Waals surface area contributed by atoms with Crippen LogP contribution in [-0.2, 0) is 11.2 Å². The third kappa shape index (κ3) is 4.83. The van der Waals surface area contributed by atoms with Crippen LogP contribution in [0, 0.1) is 12.7 Å². The minimum atomic E-state index is -0.326. The van der Waals surface area contributed by atoms with Crippen molar-refractivity contribution in [1.82, 2.24) is 14.7 Å². The summed E-state index contributed by atoms with van der Waals surface area (Å²) in [4.78, 5) is 14.2. The molecule has 1 heterocycles. The molecule has 2 aromatic carbocycles. The zero-order valence-electron chi connectivity index (χ0n) is 17.2. The van der Waals surface area contributed by atoms with Gasteiger partial charge in [-0.3, -0.25) is 4.79 Å². The van der Waals surface area contributed by atoms with E-state index in [1.165, 1.54) is 12.1 Å². The predicted octanol–water partition coefficient (Wildman–Crippen LogP) is 4.91. The molecule has 152 valence electrons. The molecular formula is C23H26FN3O2. The summed E-state index contributed by atoms with van der Waals surface area (Å²) in [5.74, 6) is 0.794. The summed E-state index contributed by atoms with van der Waals surface area (Å²) >= 11 is 0. The smallest absolute Gasteiger partial charge is 0.226 e. The molecule has 0 saturated heterocycles. The number of benzene rings is 2. The Hall–Kier alpha value is -3.15. The highest BCUT2D eigenvalue weighted by atomic mass is 19.1. The fourth-order valence-electron chi connectivity index (χ4n) is 2.99. The quantitative estimate of drug-likeness (QED) is 0.571. The number of ether oxygens (including phenoxy) is 1. The highest BCUT2D eigenvalue weighted by Crippen LogP contribution is 2.31. The SMILES string of the molecule is Cc1nn(-c2ccccc2)c(Oc2ccc(F)cc2)c1CCC(=O)N(C)C(C)C. The molecule has 0 aliphatic rings.